The summed E-state index contributed by atoms with van der Waals surface area (Å²) in [6.45, 7) is 2.20. The molecular formula is C13H17N3. The monoisotopic (exact) mass is 215 g/mol. The van der Waals surface area contributed by atoms with Crippen molar-refractivity contribution in [3.8, 4) is 0 Å². The number of anilines is 1. The molecular weight excluding hydrogens is 198 g/mol. The van der Waals surface area contributed by atoms with E-state index in [-0.39, 0.29) is 0 Å². The number of benzene rings is 1. The van der Waals surface area contributed by atoms with Crippen LogP contribution in [0.5, 0.6) is 0 Å². The Hall–Kier alpha value is -1.64. The van der Waals surface area contributed by atoms with Gasteiger partial charge in [0, 0.05) is 11.9 Å². The van der Waals surface area contributed by atoms with Crippen molar-refractivity contribution in [3.63, 3.8) is 0 Å². The van der Waals surface area contributed by atoms with Crippen LogP contribution in [0.2, 0.25) is 0 Å². The number of fused-ring (bicyclic) bond motifs is 1. The molecule has 0 saturated heterocycles. The van der Waals surface area contributed by atoms with Crippen molar-refractivity contribution in [1.82, 2.24) is 9.97 Å². The van der Waals surface area contributed by atoms with Crippen molar-refractivity contribution in [2.24, 2.45) is 0 Å². The maximum atomic E-state index is 5.73. The molecule has 2 aromatic rings. The van der Waals surface area contributed by atoms with Crippen LogP contribution in [0, 0.1) is 0 Å². The second kappa shape index (κ2) is 4.92. The van der Waals surface area contributed by atoms with E-state index in [4.69, 9.17) is 5.73 Å². The SMILES string of the molecule is CCCCCc1cnc2ccc(N)cc2n1. The van der Waals surface area contributed by atoms with Gasteiger partial charge in [0.05, 0.1) is 16.7 Å². The van der Waals surface area contributed by atoms with Crippen molar-refractivity contribution < 1.29 is 0 Å². The largest absolute Gasteiger partial charge is 0.399 e. The molecule has 3 nitrogen and oxygen atoms in total. The molecule has 0 atom stereocenters. The fourth-order valence-corrected chi connectivity index (χ4v) is 1.74. The highest BCUT2D eigenvalue weighted by Gasteiger charge is 2.00. The molecule has 84 valence electrons. The summed E-state index contributed by atoms with van der Waals surface area (Å²) in [6.07, 6.45) is 6.53. The van der Waals surface area contributed by atoms with E-state index in [0.29, 0.717) is 0 Å². The zero-order chi connectivity index (χ0) is 11.4. The molecule has 16 heavy (non-hydrogen) atoms. The molecule has 0 aliphatic rings. The van der Waals surface area contributed by atoms with E-state index in [1.807, 2.05) is 24.4 Å². The smallest absolute Gasteiger partial charge is 0.0910 e. The van der Waals surface area contributed by atoms with Gasteiger partial charge in [-0.05, 0) is 31.0 Å². The zero-order valence-electron chi connectivity index (χ0n) is 9.61. The molecule has 0 radical (unpaired) electrons. The van der Waals surface area contributed by atoms with E-state index < -0.39 is 0 Å². The molecule has 0 fully saturated rings. The molecule has 2 N–H and O–H groups in total. The number of nitrogens with zero attached hydrogens (tertiary/aromatic N) is 2. The van der Waals surface area contributed by atoms with Crippen LogP contribution in [0.3, 0.4) is 0 Å². The molecule has 1 aromatic carbocycles. The van der Waals surface area contributed by atoms with Gasteiger partial charge in [-0.3, -0.25) is 4.98 Å². The summed E-state index contributed by atoms with van der Waals surface area (Å²) in [5.74, 6) is 0. The van der Waals surface area contributed by atoms with Gasteiger partial charge in [0.15, 0.2) is 0 Å². The molecule has 0 aliphatic heterocycles. The molecule has 0 unspecified atom stereocenters. The third kappa shape index (κ3) is 2.48. The number of rotatable bonds is 4. The first-order chi connectivity index (χ1) is 7.79. The Morgan fingerprint density at radius 2 is 2.06 bits per heavy atom. The first-order valence-corrected chi connectivity index (χ1v) is 5.81. The predicted octanol–water partition coefficient (Wildman–Crippen LogP) is 2.94. The Kier molecular flexibility index (Phi) is 3.34. The lowest BCUT2D eigenvalue weighted by atomic mass is 10.1. The summed E-state index contributed by atoms with van der Waals surface area (Å²) in [5.41, 5.74) is 9.34. The van der Waals surface area contributed by atoms with Gasteiger partial charge in [-0.25, -0.2) is 4.98 Å². The number of nitrogens with two attached hydrogens (primary N) is 1. The number of nitrogen functional groups attached to an aromatic ring is 1. The number of hydrogen-bond donors (Lipinski definition) is 1. The molecule has 0 amide bonds. The molecule has 0 bridgehead atoms. The number of hydrogen-bond acceptors (Lipinski definition) is 3. The molecule has 2 rings (SSSR count). The number of unbranched alkanes of at least 4 members (excludes halogenated alkanes) is 2. The van der Waals surface area contributed by atoms with Crippen LogP contribution in [0.1, 0.15) is 31.9 Å². The van der Waals surface area contributed by atoms with Crippen molar-refractivity contribution in [1.29, 1.82) is 0 Å². The summed E-state index contributed by atoms with van der Waals surface area (Å²) in [5, 5.41) is 0. The number of aromatic nitrogens is 2. The fraction of sp³-hybridized carbons (Fsp3) is 0.385. The predicted molar refractivity (Wildman–Crippen MR) is 67.2 cm³/mol. The molecule has 0 aliphatic carbocycles. The Bertz CT molecular complexity index is 480. The van der Waals surface area contributed by atoms with Crippen molar-refractivity contribution in [3.05, 3.63) is 30.1 Å². The molecule has 0 spiro atoms. The van der Waals surface area contributed by atoms with Crippen LogP contribution >= 0.6 is 0 Å². The van der Waals surface area contributed by atoms with Crippen LogP contribution in [0.15, 0.2) is 24.4 Å². The summed E-state index contributed by atoms with van der Waals surface area (Å²) in [4.78, 5) is 8.95. The minimum absolute atomic E-state index is 0.743. The van der Waals surface area contributed by atoms with E-state index in [1.54, 1.807) is 0 Å². The van der Waals surface area contributed by atoms with Crippen LogP contribution in [0.25, 0.3) is 11.0 Å². The van der Waals surface area contributed by atoms with Gasteiger partial charge in [-0.15, -0.1) is 0 Å². The number of aryl methyl sites for hydroxylation is 1. The quantitative estimate of drug-likeness (QED) is 0.630. The average Bonchev–Trinajstić information content (AvgIpc) is 2.29. The van der Waals surface area contributed by atoms with Crippen molar-refractivity contribution in [2.45, 2.75) is 32.6 Å². The Balaban J connectivity index is 2.21. The van der Waals surface area contributed by atoms with Crippen molar-refractivity contribution in [2.75, 3.05) is 5.73 Å². The highest BCUT2D eigenvalue weighted by molar-refractivity contribution is 5.77. The summed E-state index contributed by atoms with van der Waals surface area (Å²) >= 11 is 0. The molecule has 0 saturated carbocycles. The zero-order valence-corrected chi connectivity index (χ0v) is 9.61. The van der Waals surface area contributed by atoms with Gasteiger partial charge >= 0.3 is 0 Å². The van der Waals surface area contributed by atoms with Gasteiger partial charge in [-0.1, -0.05) is 19.8 Å². The van der Waals surface area contributed by atoms with E-state index in [2.05, 4.69) is 16.9 Å². The second-order valence-corrected chi connectivity index (χ2v) is 4.07. The maximum absolute atomic E-state index is 5.73. The summed E-state index contributed by atoms with van der Waals surface area (Å²) < 4.78 is 0. The van der Waals surface area contributed by atoms with Gasteiger partial charge in [0.1, 0.15) is 0 Å². The van der Waals surface area contributed by atoms with Gasteiger partial charge < -0.3 is 5.73 Å². The van der Waals surface area contributed by atoms with Gasteiger partial charge in [0.2, 0.25) is 0 Å². The van der Waals surface area contributed by atoms with Gasteiger partial charge in [-0.2, -0.15) is 0 Å². The highest BCUT2D eigenvalue weighted by Crippen LogP contribution is 2.14. The first-order valence-electron chi connectivity index (χ1n) is 5.81. The van der Waals surface area contributed by atoms with Crippen molar-refractivity contribution >= 4 is 16.7 Å². The third-order valence-corrected chi connectivity index (χ3v) is 2.65. The first kappa shape index (κ1) is 10.9. The van der Waals surface area contributed by atoms with Crippen LogP contribution < -0.4 is 5.73 Å². The Labute approximate surface area is 95.7 Å². The van der Waals surface area contributed by atoms with E-state index in [0.717, 1.165) is 28.8 Å². The van der Waals surface area contributed by atoms with E-state index in [9.17, 15) is 0 Å². The topological polar surface area (TPSA) is 51.8 Å². The summed E-state index contributed by atoms with van der Waals surface area (Å²) in [7, 11) is 0. The lowest BCUT2D eigenvalue weighted by Gasteiger charge is -2.02. The van der Waals surface area contributed by atoms with Gasteiger partial charge in [0.25, 0.3) is 0 Å². The second-order valence-electron chi connectivity index (χ2n) is 4.07. The molecule has 1 heterocycles. The van der Waals surface area contributed by atoms with Crippen LogP contribution in [-0.4, -0.2) is 9.97 Å². The maximum Gasteiger partial charge on any atom is 0.0910 e. The molecule has 3 heteroatoms. The Morgan fingerprint density at radius 3 is 2.88 bits per heavy atom. The van der Waals surface area contributed by atoms with Crippen LogP contribution in [-0.2, 0) is 6.42 Å². The fourth-order valence-electron chi connectivity index (χ4n) is 1.74. The molecule has 1 aromatic heterocycles. The standard InChI is InChI=1S/C13H17N3/c1-2-3-4-5-11-9-15-12-7-6-10(14)8-13(12)16-11/h6-9H,2-5,14H2,1H3. The minimum Gasteiger partial charge on any atom is -0.399 e. The normalized spacial score (nSPS) is 10.8. The Morgan fingerprint density at radius 1 is 1.19 bits per heavy atom. The third-order valence-electron chi connectivity index (χ3n) is 2.65. The average molecular weight is 215 g/mol. The minimum atomic E-state index is 0.743. The lowest BCUT2D eigenvalue weighted by molar-refractivity contribution is 0.707. The lowest BCUT2D eigenvalue weighted by Crippen LogP contribution is -1.94. The van der Waals surface area contributed by atoms with E-state index >= 15 is 0 Å². The van der Waals surface area contributed by atoms with E-state index in [1.165, 1.54) is 19.3 Å². The van der Waals surface area contributed by atoms with Crippen LogP contribution in [0.4, 0.5) is 5.69 Å². The highest BCUT2D eigenvalue weighted by atomic mass is 14.8. The summed E-state index contributed by atoms with van der Waals surface area (Å²) in [6, 6.07) is 5.65.